The van der Waals surface area contributed by atoms with Crippen LogP contribution in [0.1, 0.15) is 45.0 Å². The first kappa shape index (κ1) is 13.7. The van der Waals surface area contributed by atoms with Gasteiger partial charge >= 0.3 is 5.97 Å². The molecule has 2 aliphatic carbocycles. The molecule has 1 aromatic carbocycles. The van der Waals surface area contributed by atoms with Gasteiger partial charge in [0.15, 0.2) is 0 Å². The minimum absolute atomic E-state index is 0.145. The number of rotatable bonds is 1. The first-order valence-electron chi connectivity index (χ1n) is 7.75. The molecule has 4 rings (SSSR count). The summed E-state index contributed by atoms with van der Waals surface area (Å²) in [6.07, 6.45) is 1.72. The number of carbonyl (C=O) groups excluding carboxylic acids is 1. The van der Waals surface area contributed by atoms with Gasteiger partial charge in [-0.25, -0.2) is 9.97 Å². The first-order valence-corrected chi connectivity index (χ1v) is 7.75. The Morgan fingerprint density at radius 3 is 2.23 bits per heavy atom. The van der Waals surface area contributed by atoms with Gasteiger partial charge in [-0.3, -0.25) is 4.79 Å². The van der Waals surface area contributed by atoms with Crippen molar-refractivity contribution in [1.82, 2.24) is 9.97 Å². The van der Waals surface area contributed by atoms with Gasteiger partial charge in [0.1, 0.15) is 5.41 Å². The molecule has 0 N–H and O–H groups in total. The minimum Gasteiger partial charge on any atom is -0.468 e. The van der Waals surface area contributed by atoms with Crippen molar-refractivity contribution in [2.75, 3.05) is 7.11 Å². The average Bonchev–Trinajstić information content (AvgIpc) is 2.81. The number of nitrogens with zero attached hydrogens (tertiary/aromatic N) is 2. The molecule has 114 valence electrons. The van der Waals surface area contributed by atoms with Crippen LogP contribution in [0.15, 0.2) is 24.3 Å². The maximum atomic E-state index is 12.8. The van der Waals surface area contributed by atoms with Crippen LogP contribution in [0.2, 0.25) is 0 Å². The Morgan fingerprint density at radius 2 is 1.64 bits per heavy atom. The standard InChI is InChI=1S/C18H20N2O2/c1-16(2)17(3)9-10-18(16,15(21)22-4)14-13(17)19-11-7-5-6-8-12(11)20-14/h5-8H,9-10H2,1-4H3/t17-,18+/m1/s1. The molecule has 1 heterocycles. The van der Waals surface area contributed by atoms with E-state index in [-0.39, 0.29) is 16.8 Å². The summed E-state index contributed by atoms with van der Waals surface area (Å²) in [6, 6.07) is 7.86. The Bertz CT molecular complexity index is 814. The normalized spacial score (nSPS) is 31.3. The molecular formula is C18H20N2O2. The molecule has 1 fully saturated rings. The molecule has 2 aromatic rings. The molecular weight excluding hydrogens is 276 g/mol. The van der Waals surface area contributed by atoms with Gasteiger partial charge < -0.3 is 4.74 Å². The van der Waals surface area contributed by atoms with E-state index >= 15 is 0 Å². The van der Waals surface area contributed by atoms with Gasteiger partial charge in [-0.05, 0) is 30.4 Å². The molecule has 0 saturated heterocycles. The van der Waals surface area contributed by atoms with Crippen molar-refractivity contribution in [3.8, 4) is 0 Å². The Kier molecular flexibility index (Phi) is 2.40. The van der Waals surface area contributed by atoms with Crippen LogP contribution in [-0.4, -0.2) is 23.0 Å². The summed E-state index contributed by atoms with van der Waals surface area (Å²) in [4.78, 5) is 22.5. The van der Waals surface area contributed by atoms with Gasteiger partial charge in [0, 0.05) is 5.41 Å². The van der Waals surface area contributed by atoms with Crippen molar-refractivity contribution in [3.63, 3.8) is 0 Å². The summed E-state index contributed by atoms with van der Waals surface area (Å²) in [6.45, 7) is 6.53. The number of hydrogen-bond donors (Lipinski definition) is 0. The number of aromatic nitrogens is 2. The lowest BCUT2D eigenvalue weighted by atomic mass is 9.64. The quantitative estimate of drug-likeness (QED) is 0.759. The molecule has 4 heteroatoms. The molecule has 1 saturated carbocycles. The van der Waals surface area contributed by atoms with Crippen LogP contribution in [0, 0.1) is 5.41 Å². The molecule has 1 aromatic heterocycles. The van der Waals surface area contributed by atoms with Crippen LogP contribution in [0.4, 0.5) is 0 Å². The van der Waals surface area contributed by atoms with Gasteiger partial charge in [-0.1, -0.05) is 32.9 Å². The van der Waals surface area contributed by atoms with E-state index in [9.17, 15) is 4.79 Å². The van der Waals surface area contributed by atoms with E-state index in [1.54, 1.807) is 0 Å². The van der Waals surface area contributed by atoms with Gasteiger partial charge in [-0.2, -0.15) is 0 Å². The molecule has 2 bridgehead atoms. The lowest BCUT2D eigenvalue weighted by Gasteiger charge is -2.38. The summed E-state index contributed by atoms with van der Waals surface area (Å²) in [5.74, 6) is -0.176. The fourth-order valence-electron chi connectivity index (χ4n) is 4.67. The molecule has 4 nitrogen and oxygen atoms in total. The second kappa shape index (κ2) is 3.86. The molecule has 0 amide bonds. The molecule has 22 heavy (non-hydrogen) atoms. The number of carbonyl (C=O) groups is 1. The van der Waals surface area contributed by atoms with Crippen LogP contribution < -0.4 is 0 Å². The molecule has 2 aliphatic rings. The highest BCUT2D eigenvalue weighted by Gasteiger charge is 2.73. The second-order valence-corrected chi connectivity index (χ2v) is 7.26. The third kappa shape index (κ3) is 1.20. The SMILES string of the molecule is COC(=O)[C@]12CC[C@](C)(c3nc4ccccc4nc31)C2(C)C. The lowest BCUT2D eigenvalue weighted by molar-refractivity contribution is -0.151. The molecule has 0 spiro atoms. The average molecular weight is 296 g/mol. The van der Waals surface area contributed by atoms with E-state index < -0.39 is 5.41 Å². The zero-order valence-corrected chi connectivity index (χ0v) is 13.4. The predicted octanol–water partition coefficient (Wildman–Crippen LogP) is 3.13. The molecule has 0 aliphatic heterocycles. The van der Waals surface area contributed by atoms with E-state index in [4.69, 9.17) is 14.7 Å². The fraction of sp³-hybridized carbons (Fsp3) is 0.500. The maximum Gasteiger partial charge on any atom is 0.318 e. The topological polar surface area (TPSA) is 52.1 Å². The molecule has 0 unspecified atom stereocenters. The maximum absolute atomic E-state index is 12.8. The van der Waals surface area contributed by atoms with E-state index in [0.717, 1.165) is 35.3 Å². The van der Waals surface area contributed by atoms with Crippen molar-refractivity contribution in [2.45, 2.75) is 44.4 Å². The van der Waals surface area contributed by atoms with Gasteiger partial charge in [0.25, 0.3) is 0 Å². The lowest BCUT2D eigenvalue weighted by Crippen LogP contribution is -2.46. The third-order valence-corrected chi connectivity index (χ3v) is 6.48. The number of ether oxygens (including phenoxy) is 1. The highest BCUT2D eigenvalue weighted by molar-refractivity contribution is 5.89. The second-order valence-electron chi connectivity index (χ2n) is 7.26. The van der Waals surface area contributed by atoms with Crippen LogP contribution in [0.25, 0.3) is 11.0 Å². The highest BCUT2D eigenvalue weighted by Crippen LogP contribution is 2.70. The highest BCUT2D eigenvalue weighted by atomic mass is 16.5. The van der Waals surface area contributed by atoms with Crippen molar-refractivity contribution in [2.24, 2.45) is 5.41 Å². The summed E-state index contributed by atoms with van der Waals surface area (Å²) in [5, 5.41) is 0. The number of benzene rings is 1. The monoisotopic (exact) mass is 296 g/mol. The number of fused-ring (bicyclic) bond motifs is 6. The van der Waals surface area contributed by atoms with Gasteiger partial charge in [0.05, 0.1) is 29.5 Å². The summed E-state index contributed by atoms with van der Waals surface area (Å²) in [5.41, 5.74) is 2.47. The largest absolute Gasteiger partial charge is 0.468 e. The summed E-state index contributed by atoms with van der Waals surface area (Å²) in [7, 11) is 1.47. The van der Waals surface area contributed by atoms with Gasteiger partial charge in [0.2, 0.25) is 0 Å². The van der Waals surface area contributed by atoms with Crippen LogP contribution in [0.5, 0.6) is 0 Å². The zero-order valence-electron chi connectivity index (χ0n) is 13.4. The van der Waals surface area contributed by atoms with E-state index in [1.165, 1.54) is 7.11 Å². The summed E-state index contributed by atoms with van der Waals surface area (Å²) >= 11 is 0. The Hall–Kier alpha value is -1.97. The van der Waals surface area contributed by atoms with Crippen molar-refractivity contribution in [1.29, 1.82) is 0 Å². The molecule has 2 atom stereocenters. The van der Waals surface area contributed by atoms with Crippen LogP contribution >= 0.6 is 0 Å². The van der Waals surface area contributed by atoms with Gasteiger partial charge in [-0.15, -0.1) is 0 Å². The molecule has 0 radical (unpaired) electrons. The minimum atomic E-state index is -0.678. The zero-order chi connectivity index (χ0) is 15.8. The van der Waals surface area contributed by atoms with E-state index in [1.807, 2.05) is 24.3 Å². The number of esters is 1. The summed E-state index contributed by atoms with van der Waals surface area (Å²) < 4.78 is 5.20. The third-order valence-electron chi connectivity index (χ3n) is 6.48. The smallest absolute Gasteiger partial charge is 0.318 e. The van der Waals surface area contributed by atoms with E-state index in [0.29, 0.717) is 0 Å². The van der Waals surface area contributed by atoms with Crippen molar-refractivity contribution < 1.29 is 9.53 Å². The predicted molar refractivity (Wildman–Crippen MR) is 83.6 cm³/mol. The number of para-hydroxylation sites is 2. The first-order chi connectivity index (χ1) is 10.4. The Labute approximate surface area is 129 Å². The van der Waals surface area contributed by atoms with Crippen molar-refractivity contribution >= 4 is 17.0 Å². The van der Waals surface area contributed by atoms with Crippen LogP contribution in [0.3, 0.4) is 0 Å². The van der Waals surface area contributed by atoms with Crippen molar-refractivity contribution in [3.05, 3.63) is 35.7 Å². The van der Waals surface area contributed by atoms with Crippen LogP contribution in [-0.2, 0) is 20.4 Å². The Morgan fingerprint density at radius 1 is 1.05 bits per heavy atom. The Balaban J connectivity index is 2.12. The number of hydrogen-bond acceptors (Lipinski definition) is 4. The fourth-order valence-corrected chi connectivity index (χ4v) is 4.67. The number of methoxy groups -OCH3 is 1. The van der Waals surface area contributed by atoms with E-state index in [2.05, 4.69) is 20.8 Å².